The molecule has 0 aromatic rings. The van der Waals surface area contributed by atoms with Crippen LogP contribution in [0.1, 0.15) is 51.9 Å². The van der Waals surface area contributed by atoms with Gasteiger partial charge in [-0.2, -0.15) is 0 Å². The molecule has 72 valence electrons. The highest BCUT2D eigenvalue weighted by molar-refractivity contribution is 4.65. The molecule has 0 saturated heterocycles. The van der Waals surface area contributed by atoms with Crippen LogP contribution in [0.4, 0.5) is 0 Å². The molecule has 1 saturated carbocycles. The standard InChI is InChI=1S/C10H21NO/c1-2-3-6-9-11-12-10-7-4-5-8-10/h10-11H,2-9H2,1H3. The molecule has 0 radical (unpaired) electrons. The number of unbranched alkanes of at least 4 members (excludes halogenated alkanes) is 2. The maximum absolute atomic E-state index is 5.50. The molecule has 0 aromatic carbocycles. The Morgan fingerprint density at radius 1 is 1.25 bits per heavy atom. The van der Waals surface area contributed by atoms with Gasteiger partial charge in [0.15, 0.2) is 0 Å². The van der Waals surface area contributed by atoms with Gasteiger partial charge in [-0.05, 0) is 19.3 Å². The van der Waals surface area contributed by atoms with E-state index in [1.54, 1.807) is 0 Å². The summed E-state index contributed by atoms with van der Waals surface area (Å²) in [7, 11) is 0. The minimum absolute atomic E-state index is 0.506. The first kappa shape index (κ1) is 10.0. The van der Waals surface area contributed by atoms with Gasteiger partial charge in [0.2, 0.25) is 0 Å². The van der Waals surface area contributed by atoms with Crippen LogP contribution in [-0.4, -0.2) is 12.6 Å². The topological polar surface area (TPSA) is 21.3 Å². The summed E-state index contributed by atoms with van der Waals surface area (Å²) in [5, 5.41) is 0. The summed E-state index contributed by atoms with van der Waals surface area (Å²) in [6, 6.07) is 0. The van der Waals surface area contributed by atoms with Crippen LogP contribution in [0.15, 0.2) is 0 Å². The fourth-order valence-corrected chi connectivity index (χ4v) is 1.63. The van der Waals surface area contributed by atoms with Gasteiger partial charge in [0.1, 0.15) is 0 Å². The van der Waals surface area contributed by atoms with Gasteiger partial charge in [-0.3, -0.25) is 4.84 Å². The molecule has 0 aliphatic heterocycles. The van der Waals surface area contributed by atoms with E-state index in [0.717, 1.165) is 6.54 Å². The predicted octanol–water partition coefficient (Wildman–Crippen LogP) is 2.64. The highest BCUT2D eigenvalue weighted by Crippen LogP contribution is 2.19. The largest absolute Gasteiger partial charge is 0.299 e. The summed E-state index contributed by atoms with van der Waals surface area (Å²) in [5.74, 6) is 0. The second-order valence-corrected chi connectivity index (χ2v) is 3.63. The van der Waals surface area contributed by atoms with Crippen LogP contribution in [0.25, 0.3) is 0 Å². The molecule has 1 fully saturated rings. The van der Waals surface area contributed by atoms with Crippen molar-refractivity contribution in [3.63, 3.8) is 0 Å². The predicted molar refractivity (Wildman–Crippen MR) is 50.9 cm³/mol. The minimum atomic E-state index is 0.506. The Bertz CT molecular complexity index is 100. The molecule has 0 spiro atoms. The van der Waals surface area contributed by atoms with Crippen molar-refractivity contribution in [1.82, 2.24) is 5.48 Å². The Morgan fingerprint density at radius 3 is 2.67 bits per heavy atom. The molecule has 1 N–H and O–H groups in total. The molecule has 1 aliphatic carbocycles. The molecule has 1 aliphatic rings. The summed E-state index contributed by atoms with van der Waals surface area (Å²) < 4.78 is 0. The van der Waals surface area contributed by atoms with Gasteiger partial charge in [0, 0.05) is 6.54 Å². The van der Waals surface area contributed by atoms with E-state index in [0.29, 0.717) is 6.10 Å². The summed E-state index contributed by atoms with van der Waals surface area (Å²) in [6.07, 6.45) is 9.53. The quantitative estimate of drug-likeness (QED) is 0.490. The number of nitrogens with one attached hydrogen (secondary N) is 1. The molecule has 12 heavy (non-hydrogen) atoms. The van der Waals surface area contributed by atoms with Crippen molar-refractivity contribution >= 4 is 0 Å². The molecule has 2 heteroatoms. The lowest BCUT2D eigenvalue weighted by Crippen LogP contribution is -2.22. The van der Waals surface area contributed by atoms with E-state index >= 15 is 0 Å². The van der Waals surface area contributed by atoms with Crippen molar-refractivity contribution in [3.8, 4) is 0 Å². The zero-order valence-electron chi connectivity index (χ0n) is 8.14. The van der Waals surface area contributed by atoms with Gasteiger partial charge in [0.25, 0.3) is 0 Å². The van der Waals surface area contributed by atoms with Gasteiger partial charge in [0.05, 0.1) is 6.10 Å². The molecule has 0 atom stereocenters. The van der Waals surface area contributed by atoms with Crippen molar-refractivity contribution in [2.45, 2.75) is 58.0 Å². The normalized spacial score (nSPS) is 18.8. The third-order valence-electron chi connectivity index (χ3n) is 2.43. The minimum Gasteiger partial charge on any atom is -0.299 e. The Hall–Kier alpha value is -0.0800. The molecule has 1 rings (SSSR count). The van der Waals surface area contributed by atoms with Crippen LogP contribution in [0.3, 0.4) is 0 Å². The summed E-state index contributed by atoms with van der Waals surface area (Å²) in [4.78, 5) is 5.50. The van der Waals surface area contributed by atoms with Crippen molar-refractivity contribution in [2.75, 3.05) is 6.54 Å². The molecule has 0 heterocycles. The average molecular weight is 171 g/mol. The lowest BCUT2D eigenvalue weighted by molar-refractivity contribution is -0.0209. The first-order chi connectivity index (χ1) is 5.93. The van der Waals surface area contributed by atoms with E-state index in [2.05, 4.69) is 12.4 Å². The average Bonchev–Trinajstić information content (AvgIpc) is 2.57. The third kappa shape index (κ3) is 4.07. The fraction of sp³-hybridized carbons (Fsp3) is 1.00. The summed E-state index contributed by atoms with van der Waals surface area (Å²) >= 11 is 0. The van der Waals surface area contributed by atoms with Crippen molar-refractivity contribution < 1.29 is 4.84 Å². The van der Waals surface area contributed by atoms with E-state index in [9.17, 15) is 0 Å². The summed E-state index contributed by atoms with van der Waals surface area (Å²) in [5.41, 5.74) is 3.06. The van der Waals surface area contributed by atoms with E-state index < -0.39 is 0 Å². The molecular weight excluding hydrogens is 150 g/mol. The molecule has 0 amide bonds. The number of hydrogen-bond donors (Lipinski definition) is 1. The van der Waals surface area contributed by atoms with Crippen LogP contribution in [0.2, 0.25) is 0 Å². The van der Waals surface area contributed by atoms with Crippen LogP contribution in [0.5, 0.6) is 0 Å². The van der Waals surface area contributed by atoms with Gasteiger partial charge < -0.3 is 0 Å². The number of hydroxylamine groups is 1. The van der Waals surface area contributed by atoms with E-state index in [1.165, 1.54) is 44.9 Å². The lowest BCUT2D eigenvalue weighted by atomic mass is 10.2. The molecular formula is C10H21NO. The van der Waals surface area contributed by atoms with E-state index in [4.69, 9.17) is 4.84 Å². The monoisotopic (exact) mass is 171 g/mol. The van der Waals surface area contributed by atoms with Gasteiger partial charge in [-0.15, -0.1) is 0 Å². The highest BCUT2D eigenvalue weighted by atomic mass is 16.7. The third-order valence-corrected chi connectivity index (χ3v) is 2.43. The lowest BCUT2D eigenvalue weighted by Gasteiger charge is -2.10. The smallest absolute Gasteiger partial charge is 0.0790 e. The van der Waals surface area contributed by atoms with Gasteiger partial charge in [-0.1, -0.05) is 32.6 Å². The first-order valence-corrected chi connectivity index (χ1v) is 5.32. The molecule has 2 nitrogen and oxygen atoms in total. The van der Waals surface area contributed by atoms with Gasteiger partial charge in [-0.25, -0.2) is 5.48 Å². The fourth-order valence-electron chi connectivity index (χ4n) is 1.63. The van der Waals surface area contributed by atoms with Gasteiger partial charge >= 0.3 is 0 Å². The highest BCUT2D eigenvalue weighted by Gasteiger charge is 2.14. The molecule has 0 unspecified atom stereocenters. The zero-order chi connectivity index (χ0) is 8.65. The van der Waals surface area contributed by atoms with Crippen LogP contribution >= 0.6 is 0 Å². The Labute approximate surface area is 75.6 Å². The Balaban J connectivity index is 1.81. The van der Waals surface area contributed by atoms with Crippen molar-refractivity contribution in [3.05, 3.63) is 0 Å². The second-order valence-electron chi connectivity index (χ2n) is 3.63. The Kier molecular flexibility index (Phi) is 5.37. The van der Waals surface area contributed by atoms with Crippen molar-refractivity contribution in [2.24, 2.45) is 0 Å². The molecule has 0 aromatic heterocycles. The summed E-state index contributed by atoms with van der Waals surface area (Å²) in [6.45, 7) is 3.24. The maximum atomic E-state index is 5.50. The van der Waals surface area contributed by atoms with Crippen LogP contribution in [0, 0.1) is 0 Å². The first-order valence-electron chi connectivity index (χ1n) is 5.32. The number of hydrogen-bond acceptors (Lipinski definition) is 2. The SMILES string of the molecule is CCCCCNOC1CCCC1. The van der Waals surface area contributed by atoms with E-state index in [1.807, 2.05) is 0 Å². The van der Waals surface area contributed by atoms with E-state index in [-0.39, 0.29) is 0 Å². The van der Waals surface area contributed by atoms with Crippen molar-refractivity contribution in [1.29, 1.82) is 0 Å². The zero-order valence-corrected chi connectivity index (χ0v) is 8.14. The van der Waals surface area contributed by atoms with Crippen LogP contribution < -0.4 is 5.48 Å². The second kappa shape index (κ2) is 6.44. The number of rotatable bonds is 6. The van der Waals surface area contributed by atoms with Crippen LogP contribution in [-0.2, 0) is 4.84 Å². The molecule has 0 bridgehead atoms. The Morgan fingerprint density at radius 2 is 2.00 bits per heavy atom. The maximum Gasteiger partial charge on any atom is 0.0790 e.